The van der Waals surface area contributed by atoms with Gasteiger partial charge in [0.2, 0.25) is 5.91 Å². The predicted octanol–water partition coefficient (Wildman–Crippen LogP) is 0.942. The fourth-order valence-corrected chi connectivity index (χ4v) is 2.92. The zero-order chi connectivity index (χ0) is 19.2. The molecule has 0 spiro atoms. The number of ether oxygens (including phenoxy) is 1. The number of rotatable bonds is 5. The summed E-state index contributed by atoms with van der Waals surface area (Å²) < 4.78 is 4.93. The van der Waals surface area contributed by atoms with Crippen LogP contribution in [0.1, 0.15) is 21.1 Å². The quantitative estimate of drug-likeness (QED) is 0.495. The molecule has 0 aliphatic rings. The number of aryl methyl sites for hydroxylation is 1. The van der Waals surface area contributed by atoms with Gasteiger partial charge >= 0.3 is 5.97 Å². The molecule has 0 aliphatic heterocycles. The first-order chi connectivity index (χ1) is 13.0. The first kappa shape index (κ1) is 18.4. The first-order valence-corrected chi connectivity index (χ1v) is 8.76. The molecule has 0 fully saturated rings. The van der Waals surface area contributed by atoms with Gasteiger partial charge in [-0.15, -0.1) is 11.3 Å². The largest absolute Gasteiger partial charge is 0.452 e. The summed E-state index contributed by atoms with van der Waals surface area (Å²) in [5.41, 5.74) is 6.70. The fraction of sp³-hybridized carbons (Fsp3) is 0.176. The fourth-order valence-electron chi connectivity index (χ4n) is 2.15. The Kier molecular flexibility index (Phi) is 5.67. The van der Waals surface area contributed by atoms with Crippen LogP contribution in [0.25, 0.3) is 11.0 Å². The first-order valence-electron chi connectivity index (χ1n) is 7.88. The molecule has 2 amide bonds. The van der Waals surface area contributed by atoms with Crippen LogP contribution in [0.15, 0.2) is 36.0 Å². The van der Waals surface area contributed by atoms with Gasteiger partial charge in [0.1, 0.15) is 5.01 Å². The van der Waals surface area contributed by atoms with E-state index in [0.29, 0.717) is 16.0 Å². The van der Waals surface area contributed by atoms with Crippen LogP contribution in [0.5, 0.6) is 0 Å². The number of nitrogens with zero attached hydrogens (tertiary/aromatic N) is 3. The molecule has 0 saturated carbocycles. The summed E-state index contributed by atoms with van der Waals surface area (Å²) in [5.74, 6) is -1.76. The van der Waals surface area contributed by atoms with Gasteiger partial charge in [0, 0.05) is 23.5 Å². The van der Waals surface area contributed by atoms with E-state index in [1.54, 1.807) is 12.3 Å². The summed E-state index contributed by atoms with van der Waals surface area (Å²) in [7, 11) is 0. The van der Waals surface area contributed by atoms with Gasteiger partial charge < -0.3 is 4.74 Å². The molecule has 0 unspecified atom stereocenters. The Morgan fingerprint density at radius 2 is 1.81 bits per heavy atom. The molecule has 1 aromatic carbocycles. The zero-order valence-corrected chi connectivity index (χ0v) is 15.1. The van der Waals surface area contributed by atoms with Crippen molar-refractivity contribution in [3.8, 4) is 0 Å². The Hall–Kier alpha value is -3.40. The normalized spacial score (nSPS) is 10.4. The highest BCUT2D eigenvalue weighted by Gasteiger charge is 2.12. The topological polar surface area (TPSA) is 123 Å². The molecule has 27 heavy (non-hydrogen) atoms. The number of fused-ring (bicyclic) bond motifs is 1. The Bertz CT molecular complexity index is 1000. The average molecular weight is 385 g/mol. The molecule has 0 aliphatic carbocycles. The van der Waals surface area contributed by atoms with Crippen molar-refractivity contribution in [3.05, 3.63) is 52.2 Å². The van der Waals surface area contributed by atoms with Crippen LogP contribution in [0.2, 0.25) is 0 Å². The maximum absolute atomic E-state index is 12.0. The summed E-state index contributed by atoms with van der Waals surface area (Å²) in [6.07, 6.45) is 3.12. The maximum atomic E-state index is 12.0. The van der Waals surface area contributed by atoms with Gasteiger partial charge in [-0.3, -0.25) is 30.4 Å². The number of carbonyl (C=O) groups is 3. The molecule has 138 valence electrons. The number of hydrazine groups is 1. The molecule has 2 N–H and O–H groups in total. The van der Waals surface area contributed by atoms with Crippen molar-refractivity contribution in [3.63, 3.8) is 0 Å². The number of benzene rings is 1. The van der Waals surface area contributed by atoms with Crippen LogP contribution < -0.4 is 10.9 Å². The van der Waals surface area contributed by atoms with E-state index in [4.69, 9.17) is 4.74 Å². The number of hydrogen-bond donors (Lipinski definition) is 2. The second-order valence-corrected chi connectivity index (χ2v) is 6.43. The number of aromatic nitrogens is 3. The zero-order valence-electron chi connectivity index (χ0n) is 14.3. The molecule has 10 heteroatoms. The van der Waals surface area contributed by atoms with E-state index >= 15 is 0 Å². The second kappa shape index (κ2) is 8.32. The lowest BCUT2D eigenvalue weighted by Crippen LogP contribution is -2.44. The van der Waals surface area contributed by atoms with Gasteiger partial charge in [-0.25, -0.2) is 9.78 Å². The van der Waals surface area contributed by atoms with Crippen molar-refractivity contribution in [2.75, 3.05) is 6.61 Å². The van der Waals surface area contributed by atoms with Crippen LogP contribution in [0, 0.1) is 6.92 Å². The number of carbonyl (C=O) groups excluding carboxylic acids is 3. The van der Waals surface area contributed by atoms with E-state index in [9.17, 15) is 14.4 Å². The third-order valence-corrected chi connectivity index (χ3v) is 4.33. The molecular formula is C17H15N5O4S. The van der Waals surface area contributed by atoms with Gasteiger partial charge in [0.15, 0.2) is 6.61 Å². The van der Waals surface area contributed by atoms with Crippen molar-refractivity contribution in [1.82, 2.24) is 25.8 Å². The number of esters is 1. The Balaban J connectivity index is 1.45. The van der Waals surface area contributed by atoms with Gasteiger partial charge in [-0.05, 0) is 25.1 Å². The smallest absolute Gasteiger partial charge is 0.338 e. The molecule has 3 rings (SSSR count). The minimum Gasteiger partial charge on any atom is -0.452 e. The Morgan fingerprint density at radius 3 is 2.56 bits per heavy atom. The number of nitrogens with one attached hydrogen (secondary N) is 2. The van der Waals surface area contributed by atoms with Crippen molar-refractivity contribution < 1.29 is 19.1 Å². The van der Waals surface area contributed by atoms with Crippen molar-refractivity contribution in [1.29, 1.82) is 0 Å². The summed E-state index contributed by atoms with van der Waals surface area (Å²) in [4.78, 5) is 47.8. The van der Waals surface area contributed by atoms with Crippen LogP contribution in [0.3, 0.4) is 0 Å². The molecule has 0 bridgehead atoms. The van der Waals surface area contributed by atoms with E-state index in [1.165, 1.54) is 29.7 Å². The SMILES string of the molecule is Cc1csc(CC(=O)NNC(=O)COC(=O)c2ccc3nccnc3c2)n1. The van der Waals surface area contributed by atoms with E-state index in [2.05, 4.69) is 25.8 Å². The van der Waals surface area contributed by atoms with Crippen molar-refractivity contribution >= 4 is 40.2 Å². The van der Waals surface area contributed by atoms with Gasteiger partial charge in [0.25, 0.3) is 5.91 Å². The van der Waals surface area contributed by atoms with E-state index in [0.717, 1.165) is 5.69 Å². The second-order valence-electron chi connectivity index (χ2n) is 5.49. The molecular weight excluding hydrogens is 370 g/mol. The summed E-state index contributed by atoms with van der Waals surface area (Å²) in [6.45, 7) is 1.30. The van der Waals surface area contributed by atoms with Gasteiger partial charge in [-0.1, -0.05) is 0 Å². The monoisotopic (exact) mass is 385 g/mol. The summed E-state index contributed by atoms with van der Waals surface area (Å²) in [6, 6.07) is 4.70. The molecule has 2 aromatic heterocycles. The third-order valence-electron chi connectivity index (χ3n) is 3.36. The highest BCUT2D eigenvalue weighted by molar-refractivity contribution is 7.09. The van der Waals surface area contributed by atoms with E-state index in [1.807, 2.05) is 12.3 Å². The average Bonchev–Trinajstić information content (AvgIpc) is 3.08. The van der Waals surface area contributed by atoms with Gasteiger partial charge in [-0.2, -0.15) is 0 Å². The Morgan fingerprint density at radius 1 is 1.07 bits per heavy atom. The molecule has 0 radical (unpaired) electrons. The molecule has 2 heterocycles. The Labute approximate surface area is 157 Å². The number of thiazole rings is 1. The number of hydrogen-bond acceptors (Lipinski definition) is 8. The number of amides is 2. The minimum absolute atomic E-state index is 0.0523. The summed E-state index contributed by atoms with van der Waals surface area (Å²) >= 11 is 1.36. The lowest BCUT2D eigenvalue weighted by atomic mass is 10.2. The lowest BCUT2D eigenvalue weighted by molar-refractivity contribution is -0.130. The molecule has 0 saturated heterocycles. The van der Waals surface area contributed by atoms with Crippen LogP contribution >= 0.6 is 11.3 Å². The predicted molar refractivity (Wildman–Crippen MR) is 96.7 cm³/mol. The van der Waals surface area contributed by atoms with E-state index < -0.39 is 24.4 Å². The third kappa shape index (κ3) is 5.05. The highest BCUT2D eigenvalue weighted by Crippen LogP contribution is 2.12. The van der Waals surface area contributed by atoms with Crippen LogP contribution in [-0.4, -0.2) is 39.3 Å². The van der Waals surface area contributed by atoms with Crippen molar-refractivity contribution in [2.24, 2.45) is 0 Å². The van der Waals surface area contributed by atoms with E-state index in [-0.39, 0.29) is 12.0 Å². The summed E-state index contributed by atoms with van der Waals surface area (Å²) in [5, 5.41) is 2.48. The van der Waals surface area contributed by atoms with Crippen LogP contribution in [-0.2, 0) is 20.7 Å². The lowest BCUT2D eigenvalue weighted by Gasteiger charge is -2.08. The van der Waals surface area contributed by atoms with Crippen LogP contribution in [0.4, 0.5) is 0 Å². The van der Waals surface area contributed by atoms with Gasteiger partial charge in [0.05, 0.1) is 23.0 Å². The van der Waals surface area contributed by atoms with Crippen molar-refractivity contribution in [2.45, 2.75) is 13.3 Å². The standard InChI is InChI=1S/C17H15N5O4S/c1-10-9-27-16(20-10)7-14(23)21-22-15(24)8-26-17(25)11-2-3-12-13(6-11)19-5-4-18-12/h2-6,9H,7-8H2,1H3,(H,21,23)(H,22,24). The molecule has 9 nitrogen and oxygen atoms in total. The molecule has 3 aromatic rings. The minimum atomic E-state index is -0.678. The highest BCUT2D eigenvalue weighted by atomic mass is 32.1. The molecule has 0 atom stereocenters. The maximum Gasteiger partial charge on any atom is 0.338 e.